The molecule has 0 aliphatic carbocycles. The van der Waals surface area contributed by atoms with Crippen LogP contribution in [-0.4, -0.2) is 22.7 Å². The molecule has 2 aromatic carbocycles. The molecule has 1 saturated heterocycles. The Balaban J connectivity index is 1.59. The molecular weight excluding hydrogens is 360 g/mol. The number of aromatic nitrogens is 1. The standard InChI is InChI=1S/C21H18N2O5/c1-12-5-4-6-13(9-12)18-23-16-8-7-14(10-17(16)26-18)22-11-15-19(24)27-21(2,3)28-20(15)25/h4-11,22H,1-3H3. The van der Waals surface area contributed by atoms with Gasteiger partial charge in [0.1, 0.15) is 5.52 Å². The van der Waals surface area contributed by atoms with Crippen molar-refractivity contribution < 1.29 is 23.5 Å². The molecule has 4 rings (SSSR count). The summed E-state index contributed by atoms with van der Waals surface area (Å²) in [5.74, 6) is -2.22. The van der Waals surface area contributed by atoms with Crippen molar-refractivity contribution >= 4 is 28.7 Å². The molecule has 3 aromatic rings. The zero-order valence-corrected chi connectivity index (χ0v) is 15.6. The molecule has 28 heavy (non-hydrogen) atoms. The van der Waals surface area contributed by atoms with E-state index in [1.807, 2.05) is 31.2 Å². The Morgan fingerprint density at radius 2 is 1.79 bits per heavy atom. The van der Waals surface area contributed by atoms with Gasteiger partial charge in [-0.3, -0.25) is 0 Å². The summed E-state index contributed by atoms with van der Waals surface area (Å²) in [5, 5.41) is 2.90. The monoisotopic (exact) mass is 378 g/mol. The second kappa shape index (κ2) is 6.53. The van der Waals surface area contributed by atoms with Crippen molar-refractivity contribution in [2.24, 2.45) is 0 Å². The second-order valence-corrected chi connectivity index (χ2v) is 6.95. The Labute approximate surface area is 161 Å². The molecule has 2 heterocycles. The predicted octanol–water partition coefficient (Wildman–Crippen LogP) is 3.94. The van der Waals surface area contributed by atoms with E-state index in [0.717, 1.165) is 11.1 Å². The second-order valence-electron chi connectivity index (χ2n) is 6.95. The lowest BCUT2D eigenvalue weighted by Gasteiger charge is -2.29. The fourth-order valence-corrected chi connectivity index (χ4v) is 2.85. The summed E-state index contributed by atoms with van der Waals surface area (Å²) < 4.78 is 16.0. The van der Waals surface area contributed by atoms with E-state index in [1.54, 1.807) is 18.2 Å². The molecule has 1 aliphatic heterocycles. The number of oxazole rings is 1. The van der Waals surface area contributed by atoms with Crippen molar-refractivity contribution in [1.82, 2.24) is 4.98 Å². The minimum Gasteiger partial charge on any atom is -0.436 e. The third-order valence-electron chi connectivity index (χ3n) is 4.15. The number of nitrogens with one attached hydrogen (secondary N) is 1. The number of anilines is 1. The summed E-state index contributed by atoms with van der Waals surface area (Å²) in [6.45, 7) is 5.00. The number of nitrogens with zero attached hydrogens (tertiary/aromatic N) is 1. The maximum Gasteiger partial charge on any atom is 0.350 e. The maximum absolute atomic E-state index is 12.0. The Morgan fingerprint density at radius 1 is 1.04 bits per heavy atom. The normalized spacial score (nSPS) is 15.9. The Kier molecular flexibility index (Phi) is 4.15. The predicted molar refractivity (Wildman–Crippen MR) is 102 cm³/mol. The lowest BCUT2D eigenvalue weighted by molar-refractivity contribution is -0.222. The SMILES string of the molecule is Cc1cccc(-c2nc3ccc(NC=C4C(=O)OC(C)(C)OC4=O)cc3o2)c1. The molecule has 0 radical (unpaired) electrons. The van der Waals surface area contributed by atoms with E-state index in [9.17, 15) is 9.59 Å². The van der Waals surface area contributed by atoms with E-state index in [2.05, 4.69) is 10.3 Å². The highest BCUT2D eigenvalue weighted by Gasteiger charge is 2.38. The van der Waals surface area contributed by atoms with E-state index in [1.165, 1.54) is 20.0 Å². The van der Waals surface area contributed by atoms with Crippen LogP contribution in [0.3, 0.4) is 0 Å². The zero-order chi connectivity index (χ0) is 19.9. The number of carbonyl (C=O) groups excluding carboxylic acids is 2. The topological polar surface area (TPSA) is 90.7 Å². The summed E-state index contributed by atoms with van der Waals surface area (Å²) in [6, 6.07) is 13.2. The first-order valence-corrected chi connectivity index (χ1v) is 8.72. The van der Waals surface area contributed by atoms with Gasteiger partial charge in [0.05, 0.1) is 0 Å². The number of hydrogen-bond acceptors (Lipinski definition) is 7. The lowest BCUT2D eigenvalue weighted by Crippen LogP contribution is -2.42. The van der Waals surface area contributed by atoms with E-state index in [4.69, 9.17) is 13.9 Å². The molecule has 142 valence electrons. The van der Waals surface area contributed by atoms with Crippen LogP contribution in [0.1, 0.15) is 19.4 Å². The van der Waals surface area contributed by atoms with Gasteiger partial charge in [0.2, 0.25) is 5.89 Å². The fraction of sp³-hybridized carbons (Fsp3) is 0.190. The van der Waals surface area contributed by atoms with Crippen LogP contribution in [0, 0.1) is 6.92 Å². The molecule has 0 unspecified atom stereocenters. The number of hydrogen-bond donors (Lipinski definition) is 1. The maximum atomic E-state index is 12.0. The third kappa shape index (κ3) is 3.46. The molecule has 0 spiro atoms. The van der Waals surface area contributed by atoms with E-state index in [-0.39, 0.29) is 5.57 Å². The van der Waals surface area contributed by atoms with Crippen LogP contribution in [0.5, 0.6) is 0 Å². The van der Waals surface area contributed by atoms with Gasteiger partial charge in [-0.2, -0.15) is 0 Å². The van der Waals surface area contributed by atoms with Gasteiger partial charge in [0.25, 0.3) is 5.79 Å². The van der Waals surface area contributed by atoms with Crippen LogP contribution in [0.2, 0.25) is 0 Å². The minimum absolute atomic E-state index is 0.211. The molecule has 0 amide bonds. The average Bonchev–Trinajstić information content (AvgIpc) is 3.03. The molecular formula is C21H18N2O5. The van der Waals surface area contributed by atoms with Crippen LogP contribution in [-0.2, 0) is 19.1 Å². The van der Waals surface area contributed by atoms with Crippen LogP contribution in [0.4, 0.5) is 5.69 Å². The number of cyclic esters (lactones) is 2. The first-order chi connectivity index (χ1) is 13.3. The van der Waals surface area contributed by atoms with E-state index >= 15 is 0 Å². The first-order valence-electron chi connectivity index (χ1n) is 8.72. The van der Waals surface area contributed by atoms with E-state index < -0.39 is 17.7 Å². The third-order valence-corrected chi connectivity index (χ3v) is 4.15. The number of fused-ring (bicyclic) bond motifs is 1. The van der Waals surface area contributed by atoms with Gasteiger partial charge in [-0.1, -0.05) is 17.7 Å². The molecule has 7 nitrogen and oxygen atoms in total. The summed E-state index contributed by atoms with van der Waals surface area (Å²) >= 11 is 0. The highest BCUT2D eigenvalue weighted by Crippen LogP contribution is 2.27. The smallest absolute Gasteiger partial charge is 0.350 e. The van der Waals surface area contributed by atoms with Gasteiger partial charge >= 0.3 is 11.9 Å². The molecule has 0 bridgehead atoms. The fourth-order valence-electron chi connectivity index (χ4n) is 2.85. The number of rotatable bonds is 3. The Bertz CT molecular complexity index is 1100. The van der Waals surface area contributed by atoms with Crippen molar-refractivity contribution in [2.45, 2.75) is 26.6 Å². The Hall–Kier alpha value is -3.61. The van der Waals surface area contributed by atoms with Gasteiger partial charge in [-0.05, 0) is 31.2 Å². The Morgan fingerprint density at radius 3 is 2.50 bits per heavy atom. The summed E-state index contributed by atoms with van der Waals surface area (Å²) in [4.78, 5) is 28.5. The molecule has 1 N–H and O–H groups in total. The lowest BCUT2D eigenvalue weighted by atomic mass is 10.1. The molecule has 1 aromatic heterocycles. The number of ether oxygens (including phenoxy) is 2. The van der Waals surface area contributed by atoms with Crippen molar-refractivity contribution in [2.75, 3.05) is 5.32 Å². The minimum atomic E-state index is -1.27. The number of carbonyl (C=O) groups is 2. The molecule has 0 saturated carbocycles. The van der Waals surface area contributed by atoms with Crippen molar-refractivity contribution in [1.29, 1.82) is 0 Å². The number of esters is 2. The summed E-state index contributed by atoms with van der Waals surface area (Å²) in [6.07, 6.45) is 1.26. The van der Waals surface area contributed by atoms with Crippen LogP contribution < -0.4 is 5.32 Å². The summed E-state index contributed by atoms with van der Waals surface area (Å²) in [7, 11) is 0. The average molecular weight is 378 g/mol. The van der Waals surface area contributed by atoms with Crippen LogP contribution in [0.25, 0.3) is 22.6 Å². The van der Waals surface area contributed by atoms with Crippen molar-refractivity contribution in [3.8, 4) is 11.5 Å². The van der Waals surface area contributed by atoms with E-state index in [0.29, 0.717) is 22.7 Å². The van der Waals surface area contributed by atoms with Crippen LogP contribution in [0.15, 0.2) is 58.7 Å². The highest BCUT2D eigenvalue weighted by atomic mass is 16.7. The van der Waals surface area contributed by atoms with Gasteiger partial charge in [0.15, 0.2) is 11.2 Å². The number of benzene rings is 2. The van der Waals surface area contributed by atoms with Crippen molar-refractivity contribution in [3.63, 3.8) is 0 Å². The largest absolute Gasteiger partial charge is 0.436 e. The van der Waals surface area contributed by atoms with Crippen molar-refractivity contribution in [3.05, 3.63) is 59.8 Å². The van der Waals surface area contributed by atoms with Crippen LogP contribution >= 0.6 is 0 Å². The number of aryl methyl sites for hydroxylation is 1. The van der Waals surface area contributed by atoms with Gasteiger partial charge in [-0.15, -0.1) is 0 Å². The van der Waals surface area contributed by atoms with Gasteiger partial charge in [-0.25, -0.2) is 14.6 Å². The molecule has 7 heteroatoms. The van der Waals surface area contributed by atoms with Gasteiger partial charge in [0, 0.05) is 37.4 Å². The summed E-state index contributed by atoms with van der Waals surface area (Å²) in [5.41, 5.74) is 3.70. The molecule has 1 fully saturated rings. The highest BCUT2D eigenvalue weighted by molar-refractivity contribution is 6.15. The quantitative estimate of drug-likeness (QED) is 0.419. The first kappa shape index (κ1) is 17.8. The van der Waals surface area contributed by atoms with Gasteiger partial charge < -0.3 is 19.2 Å². The zero-order valence-electron chi connectivity index (χ0n) is 15.6. The molecule has 1 aliphatic rings. The molecule has 0 atom stereocenters.